The molecule has 1 aromatic heterocycles. The number of amides is 1. The lowest BCUT2D eigenvalue weighted by molar-refractivity contribution is -0.0419. The fourth-order valence-corrected chi connectivity index (χ4v) is 3.32. The van der Waals surface area contributed by atoms with Gasteiger partial charge in [0.1, 0.15) is 5.60 Å². The van der Waals surface area contributed by atoms with E-state index in [4.69, 9.17) is 16.3 Å². The summed E-state index contributed by atoms with van der Waals surface area (Å²) >= 11 is 5.94. The topological polar surface area (TPSA) is 84.7 Å². The number of halogens is 1. The zero-order valence-electron chi connectivity index (χ0n) is 15.7. The third-order valence-corrected chi connectivity index (χ3v) is 4.83. The summed E-state index contributed by atoms with van der Waals surface area (Å²) in [4.78, 5) is 30.7. The molecule has 1 N–H and O–H groups in total. The number of carbonyl (C=O) groups excluding carboxylic acids is 1. The fraction of sp³-hybridized carbons (Fsp3) is 0.526. The molecule has 1 aromatic carbocycles. The number of aromatic nitrogens is 2. The second-order valence-electron chi connectivity index (χ2n) is 8.03. The Morgan fingerprint density at radius 3 is 2.63 bits per heavy atom. The summed E-state index contributed by atoms with van der Waals surface area (Å²) in [5.74, 6) is 0. The number of likely N-dealkylation sites (tertiary alicyclic amines) is 1. The van der Waals surface area contributed by atoms with E-state index in [0.717, 1.165) is 0 Å². The zero-order valence-corrected chi connectivity index (χ0v) is 16.5. The molecule has 1 amide bonds. The SMILES string of the molecule is CC(C)(C)OC(=O)N1CCC(O)(Cn2cnc3cc(Cl)ccc3c2=O)CC1. The molecule has 1 aliphatic rings. The maximum atomic E-state index is 12.7. The number of carbonyl (C=O) groups is 1. The number of nitrogens with zero attached hydrogens (tertiary/aromatic N) is 3. The monoisotopic (exact) mass is 393 g/mol. The molecule has 0 spiro atoms. The fourth-order valence-electron chi connectivity index (χ4n) is 3.15. The lowest BCUT2D eigenvalue weighted by Crippen LogP contribution is -2.50. The van der Waals surface area contributed by atoms with Crippen LogP contribution in [0.2, 0.25) is 5.02 Å². The average Bonchev–Trinajstić information content (AvgIpc) is 2.56. The number of fused-ring (bicyclic) bond motifs is 1. The number of benzene rings is 1. The van der Waals surface area contributed by atoms with Gasteiger partial charge in [0.15, 0.2) is 0 Å². The van der Waals surface area contributed by atoms with Crippen molar-refractivity contribution < 1.29 is 14.6 Å². The van der Waals surface area contributed by atoms with Crippen LogP contribution in [0.5, 0.6) is 0 Å². The largest absolute Gasteiger partial charge is 0.444 e. The van der Waals surface area contributed by atoms with Crippen molar-refractivity contribution in [3.8, 4) is 0 Å². The van der Waals surface area contributed by atoms with Crippen LogP contribution < -0.4 is 5.56 Å². The van der Waals surface area contributed by atoms with E-state index >= 15 is 0 Å². The summed E-state index contributed by atoms with van der Waals surface area (Å²) in [5.41, 5.74) is -1.34. The molecule has 0 bridgehead atoms. The predicted molar refractivity (Wildman–Crippen MR) is 103 cm³/mol. The molecule has 1 saturated heterocycles. The first-order valence-electron chi connectivity index (χ1n) is 8.91. The number of aliphatic hydroxyl groups is 1. The van der Waals surface area contributed by atoms with Crippen LogP contribution in [0, 0.1) is 0 Å². The van der Waals surface area contributed by atoms with Gasteiger partial charge in [-0.3, -0.25) is 9.36 Å². The molecule has 3 rings (SSSR count). The van der Waals surface area contributed by atoms with Crippen LogP contribution >= 0.6 is 11.6 Å². The summed E-state index contributed by atoms with van der Waals surface area (Å²) in [6, 6.07) is 4.92. The molecule has 0 atom stereocenters. The minimum atomic E-state index is -1.08. The summed E-state index contributed by atoms with van der Waals surface area (Å²) in [5, 5.41) is 11.9. The van der Waals surface area contributed by atoms with Crippen LogP contribution in [0.25, 0.3) is 10.9 Å². The third-order valence-electron chi connectivity index (χ3n) is 4.60. The Hall–Kier alpha value is -2.12. The standard InChI is InChI=1S/C19H24ClN3O4/c1-18(2,3)27-17(25)22-8-6-19(26,7-9-22)11-23-12-21-15-10-13(20)4-5-14(15)16(23)24/h4-5,10,12,26H,6-9,11H2,1-3H3. The second-order valence-corrected chi connectivity index (χ2v) is 8.47. The van der Waals surface area contributed by atoms with Gasteiger partial charge in [-0.15, -0.1) is 0 Å². The van der Waals surface area contributed by atoms with Crippen LogP contribution in [0.3, 0.4) is 0 Å². The summed E-state index contributed by atoms with van der Waals surface area (Å²) in [6.45, 7) is 6.32. The molecule has 0 radical (unpaired) electrons. The Morgan fingerprint density at radius 1 is 1.33 bits per heavy atom. The number of rotatable bonds is 2. The van der Waals surface area contributed by atoms with E-state index in [1.807, 2.05) is 20.8 Å². The molecule has 1 fully saturated rings. The smallest absolute Gasteiger partial charge is 0.410 e. The van der Waals surface area contributed by atoms with Crippen LogP contribution in [-0.2, 0) is 11.3 Å². The molecule has 146 valence electrons. The van der Waals surface area contributed by atoms with E-state index in [0.29, 0.717) is 41.9 Å². The quantitative estimate of drug-likeness (QED) is 0.848. The Balaban J connectivity index is 1.71. The van der Waals surface area contributed by atoms with Crippen LogP contribution in [0.1, 0.15) is 33.6 Å². The van der Waals surface area contributed by atoms with Gasteiger partial charge in [0.05, 0.1) is 29.4 Å². The Kier molecular flexibility index (Phi) is 5.18. The Labute approximate surface area is 162 Å². The van der Waals surface area contributed by atoms with Crippen molar-refractivity contribution >= 4 is 28.6 Å². The number of hydrogen-bond donors (Lipinski definition) is 1. The van der Waals surface area contributed by atoms with E-state index in [1.54, 1.807) is 23.1 Å². The first kappa shape index (κ1) is 19.6. The number of ether oxygens (including phenoxy) is 1. The molecule has 7 nitrogen and oxygen atoms in total. The Morgan fingerprint density at radius 2 is 2.00 bits per heavy atom. The highest BCUT2D eigenvalue weighted by Crippen LogP contribution is 2.25. The molecule has 8 heteroatoms. The van der Waals surface area contributed by atoms with Crippen molar-refractivity contribution in [2.75, 3.05) is 13.1 Å². The van der Waals surface area contributed by atoms with Crippen molar-refractivity contribution in [1.82, 2.24) is 14.5 Å². The highest BCUT2D eigenvalue weighted by molar-refractivity contribution is 6.31. The maximum absolute atomic E-state index is 12.7. The highest BCUT2D eigenvalue weighted by atomic mass is 35.5. The number of hydrogen-bond acceptors (Lipinski definition) is 5. The summed E-state index contributed by atoms with van der Waals surface area (Å²) in [6.07, 6.45) is 1.76. The normalized spacial score (nSPS) is 17.1. The minimum absolute atomic E-state index is 0.125. The minimum Gasteiger partial charge on any atom is -0.444 e. The molecule has 2 heterocycles. The predicted octanol–water partition coefficient (Wildman–Crippen LogP) is 2.81. The first-order valence-corrected chi connectivity index (χ1v) is 9.29. The second kappa shape index (κ2) is 7.13. The van der Waals surface area contributed by atoms with E-state index in [2.05, 4.69) is 4.98 Å². The van der Waals surface area contributed by atoms with Crippen molar-refractivity contribution in [3.63, 3.8) is 0 Å². The van der Waals surface area contributed by atoms with Crippen molar-refractivity contribution in [1.29, 1.82) is 0 Å². The van der Waals surface area contributed by atoms with E-state index in [-0.39, 0.29) is 18.2 Å². The third kappa shape index (κ3) is 4.59. The van der Waals surface area contributed by atoms with Gasteiger partial charge in [-0.25, -0.2) is 9.78 Å². The molecule has 2 aromatic rings. The molecule has 0 aliphatic carbocycles. The Bertz CT molecular complexity index is 911. The lowest BCUT2D eigenvalue weighted by atomic mass is 9.91. The van der Waals surface area contributed by atoms with Gasteiger partial charge in [-0.2, -0.15) is 0 Å². The van der Waals surface area contributed by atoms with Crippen LogP contribution in [0.15, 0.2) is 29.3 Å². The van der Waals surface area contributed by atoms with Crippen molar-refractivity contribution in [2.45, 2.75) is 51.4 Å². The van der Waals surface area contributed by atoms with Crippen molar-refractivity contribution in [3.05, 3.63) is 39.9 Å². The van der Waals surface area contributed by atoms with Gasteiger partial charge in [0, 0.05) is 18.1 Å². The number of piperidine rings is 1. The molecular weight excluding hydrogens is 370 g/mol. The lowest BCUT2D eigenvalue weighted by Gasteiger charge is -2.38. The maximum Gasteiger partial charge on any atom is 0.410 e. The van der Waals surface area contributed by atoms with Crippen LogP contribution in [0.4, 0.5) is 4.79 Å². The van der Waals surface area contributed by atoms with Gasteiger partial charge in [0.25, 0.3) is 5.56 Å². The van der Waals surface area contributed by atoms with Gasteiger partial charge in [-0.05, 0) is 51.8 Å². The van der Waals surface area contributed by atoms with Gasteiger partial charge >= 0.3 is 6.09 Å². The summed E-state index contributed by atoms with van der Waals surface area (Å²) < 4.78 is 6.79. The van der Waals surface area contributed by atoms with Crippen LogP contribution in [-0.4, -0.2) is 49.9 Å². The van der Waals surface area contributed by atoms with Gasteiger partial charge in [-0.1, -0.05) is 11.6 Å². The van der Waals surface area contributed by atoms with Gasteiger partial charge in [0.2, 0.25) is 0 Å². The van der Waals surface area contributed by atoms with E-state index < -0.39 is 11.2 Å². The summed E-state index contributed by atoms with van der Waals surface area (Å²) in [7, 11) is 0. The highest BCUT2D eigenvalue weighted by Gasteiger charge is 2.36. The van der Waals surface area contributed by atoms with Gasteiger partial charge < -0.3 is 14.7 Å². The van der Waals surface area contributed by atoms with E-state index in [1.165, 1.54) is 10.9 Å². The zero-order chi connectivity index (χ0) is 19.8. The molecular formula is C19H24ClN3O4. The molecule has 0 unspecified atom stereocenters. The molecule has 27 heavy (non-hydrogen) atoms. The average molecular weight is 394 g/mol. The first-order chi connectivity index (χ1) is 12.6. The molecule has 1 aliphatic heterocycles. The molecule has 0 saturated carbocycles. The van der Waals surface area contributed by atoms with Crippen molar-refractivity contribution in [2.24, 2.45) is 0 Å². The van der Waals surface area contributed by atoms with E-state index in [9.17, 15) is 14.7 Å².